The number of alkyl halides is 3. The van der Waals surface area contributed by atoms with Crippen molar-refractivity contribution in [2.24, 2.45) is 0 Å². The third kappa shape index (κ3) is 3.89. The van der Waals surface area contributed by atoms with Gasteiger partial charge in [0.1, 0.15) is 11.5 Å². The molecule has 0 spiro atoms. The van der Waals surface area contributed by atoms with Crippen molar-refractivity contribution in [2.75, 3.05) is 11.9 Å². The topological polar surface area (TPSA) is 72.9 Å². The molecule has 0 atom stereocenters. The van der Waals surface area contributed by atoms with Gasteiger partial charge >= 0.3 is 21.6 Å². The summed E-state index contributed by atoms with van der Waals surface area (Å²) in [6, 6.07) is 15.3. The SMILES string of the molecule is CN1C2=CC=C(OS(=O)(=O)C(F)(F)F)CC2=C(C(=O)Oc2ccccc2)c2ccccc21. The maximum atomic E-state index is 13.2. The minimum atomic E-state index is -5.85. The van der Waals surface area contributed by atoms with Crippen LogP contribution in [0.1, 0.15) is 12.0 Å². The first-order valence-corrected chi connectivity index (χ1v) is 10.7. The highest BCUT2D eigenvalue weighted by Crippen LogP contribution is 2.44. The fraction of sp³-hybridized carbons (Fsp3) is 0.136. The highest BCUT2D eigenvalue weighted by molar-refractivity contribution is 7.87. The van der Waals surface area contributed by atoms with Crippen molar-refractivity contribution in [1.29, 1.82) is 0 Å². The quantitative estimate of drug-likeness (QED) is 0.287. The van der Waals surface area contributed by atoms with E-state index in [4.69, 9.17) is 4.74 Å². The van der Waals surface area contributed by atoms with Gasteiger partial charge in [0.2, 0.25) is 0 Å². The van der Waals surface area contributed by atoms with Crippen molar-refractivity contribution >= 4 is 27.3 Å². The van der Waals surface area contributed by atoms with Crippen LogP contribution in [0.4, 0.5) is 18.9 Å². The molecule has 10 heteroatoms. The van der Waals surface area contributed by atoms with E-state index in [0.29, 0.717) is 22.5 Å². The lowest BCUT2D eigenvalue weighted by molar-refractivity contribution is -0.128. The Kier molecular flexibility index (Phi) is 5.33. The average Bonchev–Trinajstić information content (AvgIpc) is 2.73. The molecule has 2 aromatic rings. The van der Waals surface area contributed by atoms with Crippen molar-refractivity contribution in [1.82, 2.24) is 0 Å². The van der Waals surface area contributed by atoms with Crippen LogP contribution in [0.15, 0.2) is 83.8 Å². The van der Waals surface area contributed by atoms with Crippen molar-refractivity contribution in [3.05, 3.63) is 89.3 Å². The lowest BCUT2D eigenvalue weighted by Gasteiger charge is -2.35. The third-order valence-corrected chi connectivity index (χ3v) is 5.94. The Hall–Kier alpha value is -3.53. The van der Waals surface area contributed by atoms with Crippen molar-refractivity contribution < 1.29 is 35.3 Å². The second-order valence-corrected chi connectivity index (χ2v) is 8.51. The van der Waals surface area contributed by atoms with Gasteiger partial charge in [-0.25, -0.2) is 4.79 Å². The van der Waals surface area contributed by atoms with Gasteiger partial charge in [-0.3, -0.25) is 0 Å². The van der Waals surface area contributed by atoms with Gasteiger partial charge in [0.15, 0.2) is 0 Å². The van der Waals surface area contributed by atoms with Crippen LogP contribution >= 0.6 is 0 Å². The Bertz CT molecular complexity index is 1280. The Morgan fingerprint density at radius 3 is 2.34 bits per heavy atom. The first-order valence-electron chi connectivity index (χ1n) is 9.34. The fourth-order valence-corrected chi connectivity index (χ4v) is 4.01. The molecule has 1 heterocycles. The molecule has 0 saturated heterocycles. The van der Waals surface area contributed by atoms with Gasteiger partial charge in [0.25, 0.3) is 0 Å². The van der Waals surface area contributed by atoms with E-state index >= 15 is 0 Å². The van der Waals surface area contributed by atoms with Crippen LogP contribution in [0.25, 0.3) is 5.57 Å². The van der Waals surface area contributed by atoms with Gasteiger partial charge in [-0.1, -0.05) is 36.4 Å². The molecule has 0 aromatic heterocycles. The molecule has 2 aromatic carbocycles. The maximum absolute atomic E-state index is 13.2. The molecule has 6 nitrogen and oxygen atoms in total. The first-order chi connectivity index (χ1) is 15.1. The number of likely N-dealkylation sites (N-methyl/N-ethyl adjacent to an activating group) is 1. The molecular formula is C22H16F3NO5S. The largest absolute Gasteiger partial charge is 0.534 e. The number of fused-ring (bicyclic) bond motifs is 2. The van der Waals surface area contributed by atoms with Crippen LogP contribution in [-0.2, 0) is 19.1 Å². The predicted octanol–water partition coefficient (Wildman–Crippen LogP) is 4.53. The zero-order valence-electron chi connectivity index (χ0n) is 16.6. The summed E-state index contributed by atoms with van der Waals surface area (Å²) in [6.45, 7) is 0. The van der Waals surface area contributed by atoms with Gasteiger partial charge in [-0.2, -0.15) is 21.6 Å². The number of esters is 1. The number of ether oxygens (including phenoxy) is 1. The summed E-state index contributed by atoms with van der Waals surface area (Å²) in [4.78, 5) is 14.9. The zero-order chi connectivity index (χ0) is 23.1. The van der Waals surface area contributed by atoms with Crippen molar-refractivity contribution in [3.63, 3.8) is 0 Å². The number of halogens is 3. The number of anilines is 1. The van der Waals surface area contributed by atoms with Gasteiger partial charge in [-0.05, 0) is 35.9 Å². The molecule has 1 aliphatic heterocycles. The van der Waals surface area contributed by atoms with Crippen LogP contribution in [0.3, 0.4) is 0 Å². The molecule has 4 rings (SSSR count). The Morgan fingerprint density at radius 2 is 1.66 bits per heavy atom. The number of carbonyl (C=O) groups is 1. The monoisotopic (exact) mass is 463 g/mol. The van der Waals surface area contributed by atoms with Crippen LogP contribution in [0.2, 0.25) is 0 Å². The molecule has 32 heavy (non-hydrogen) atoms. The smallest absolute Gasteiger partial charge is 0.423 e. The standard InChI is InChI=1S/C22H16F3NO5S/c1-26-18-10-6-5-9-16(18)20(21(27)30-14-7-3-2-4-8-14)17-13-15(11-12-19(17)26)31-32(28,29)22(23,24)25/h2-12H,13H2,1H3. The van der Waals surface area contributed by atoms with Gasteiger partial charge < -0.3 is 13.8 Å². The molecule has 0 bridgehead atoms. The summed E-state index contributed by atoms with van der Waals surface area (Å²) in [7, 11) is -4.11. The van der Waals surface area contributed by atoms with E-state index in [9.17, 15) is 26.4 Å². The molecule has 0 fully saturated rings. The van der Waals surface area contributed by atoms with Crippen LogP contribution in [0, 0.1) is 0 Å². The number of hydrogen-bond acceptors (Lipinski definition) is 6. The highest BCUT2D eigenvalue weighted by atomic mass is 32.2. The van der Waals surface area contributed by atoms with E-state index in [1.165, 1.54) is 6.08 Å². The van der Waals surface area contributed by atoms with E-state index in [-0.39, 0.29) is 17.7 Å². The van der Waals surface area contributed by atoms with E-state index in [1.807, 2.05) is 0 Å². The summed E-state index contributed by atoms with van der Waals surface area (Å²) in [6.07, 6.45) is 2.21. The van der Waals surface area contributed by atoms with E-state index in [2.05, 4.69) is 4.18 Å². The molecule has 0 amide bonds. The predicted molar refractivity (Wildman–Crippen MR) is 111 cm³/mol. The van der Waals surface area contributed by atoms with E-state index in [0.717, 1.165) is 6.08 Å². The maximum Gasteiger partial charge on any atom is 0.534 e. The zero-order valence-corrected chi connectivity index (χ0v) is 17.4. The van der Waals surface area contributed by atoms with Crippen LogP contribution in [-0.4, -0.2) is 26.9 Å². The van der Waals surface area contributed by atoms with Gasteiger partial charge in [0, 0.05) is 30.4 Å². The average molecular weight is 463 g/mol. The molecule has 0 saturated carbocycles. The number of nitrogens with zero attached hydrogens (tertiary/aromatic N) is 1. The summed E-state index contributed by atoms with van der Waals surface area (Å²) in [5, 5.41) is 0. The molecule has 166 valence electrons. The fourth-order valence-electron chi connectivity index (χ4n) is 3.52. The summed E-state index contributed by atoms with van der Waals surface area (Å²) in [5.74, 6) is -0.897. The van der Waals surface area contributed by atoms with Crippen molar-refractivity contribution in [3.8, 4) is 5.75 Å². The molecule has 0 unspecified atom stereocenters. The lowest BCUT2D eigenvalue weighted by atomic mass is 9.87. The normalized spacial score (nSPS) is 15.9. The van der Waals surface area contributed by atoms with Gasteiger partial charge in [0.05, 0.1) is 5.57 Å². The van der Waals surface area contributed by atoms with Crippen LogP contribution in [0.5, 0.6) is 5.75 Å². The Morgan fingerprint density at radius 1 is 1.00 bits per heavy atom. The van der Waals surface area contributed by atoms with E-state index < -0.39 is 27.4 Å². The second-order valence-electron chi connectivity index (χ2n) is 6.98. The Balaban J connectivity index is 1.79. The molecule has 2 aliphatic rings. The number of para-hydroxylation sites is 2. The summed E-state index contributed by atoms with van der Waals surface area (Å²) in [5.41, 5.74) is -3.46. The molecule has 0 radical (unpaired) electrons. The minimum absolute atomic E-state index is 0.118. The lowest BCUT2D eigenvalue weighted by Crippen LogP contribution is -2.30. The number of benzene rings is 2. The third-order valence-electron chi connectivity index (χ3n) is 4.94. The molecule has 1 aliphatic carbocycles. The second kappa shape index (κ2) is 7.86. The molecule has 0 N–H and O–H groups in total. The van der Waals surface area contributed by atoms with Gasteiger partial charge in [-0.15, -0.1) is 0 Å². The summed E-state index contributed by atoms with van der Waals surface area (Å²) < 4.78 is 71.1. The minimum Gasteiger partial charge on any atom is -0.423 e. The van der Waals surface area contributed by atoms with Crippen molar-refractivity contribution in [2.45, 2.75) is 11.9 Å². The highest BCUT2D eigenvalue weighted by Gasteiger charge is 2.49. The number of carbonyl (C=O) groups excluding carboxylic acids is 1. The van der Waals surface area contributed by atoms with Crippen LogP contribution < -0.4 is 9.64 Å². The number of rotatable bonds is 4. The number of allylic oxidation sites excluding steroid dienone is 4. The Labute approximate surface area is 182 Å². The van der Waals surface area contributed by atoms with E-state index in [1.54, 1.807) is 66.5 Å². The first kappa shape index (κ1) is 21.7. The number of hydrogen-bond donors (Lipinski definition) is 0. The summed E-state index contributed by atoms with van der Waals surface area (Å²) >= 11 is 0. The molecular weight excluding hydrogens is 447 g/mol.